The number of rotatable bonds is 2. The number of aromatic nitrogens is 2. The lowest BCUT2D eigenvalue weighted by molar-refractivity contribution is -0.143. The van der Waals surface area contributed by atoms with Crippen LogP contribution in [0.15, 0.2) is 23.1 Å². The molecule has 104 valence electrons. The maximum absolute atomic E-state index is 12.5. The van der Waals surface area contributed by atoms with Crippen LogP contribution in [0, 0.1) is 6.92 Å². The Labute approximate surface area is 114 Å². The van der Waals surface area contributed by atoms with E-state index in [0.29, 0.717) is 30.0 Å². The second-order valence-electron chi connectivity index (χ2n) is 4.66. The first kappa shape index (κ1) is 12.5. The van der Waals surface area contributed by atoms with Crippen LogP contribution in [0.5, 0.6) is 0 Å². The molecule has 1 aliphatic heterocycles. The number of carbonyl (C=O) groups is 2. The lowest BCUT2D eigenvalue weighted by Crippen LogP contribution is -2.43. The number of hydrogen-bond acceptors (Lipinski definition) is 4. The highest BCUT2D eigenvalue weighted by Gasteiger charge is 2.38. The Hall–Kier alpha value is -2.57. The molecule has 20 heavy (non-hydrogen) atoms. The molecular formula is C13H13N3O4. The normalized spacial score (nSPS) is 17.9. The van der Waals surface area contributed by atoms with Crippen LogP contribution in [0.25, 0.3) is 0 Å². The van der Waals surface area contributed by atoms with Crippen molar-refractivity contribution < 1.29 is 19.1 Å². The van der Waals surface area contributed by atoms with Crippen molar-refractivity contribution in [1.82, 2.24) is 14.9 Å². The zero-order chi connectivity index (χ0) is 14.3. The number of aliphatic carboxylic acids is 1. The van der Waals surface area contributed by atoms with Crippen LogP contribution in [0.2, 0.25) is 0 Å². The zero-order valence-corrected chi connectivity index (χ0v) is 10.8. The molecule has 2 N–H and O–H groups in total. The van der Waals surface area contributed by atoms with Gasteiger partial charge in [0, 0.05) is 24.2 Å². The predicted octanol–water partition coefficient (Wildman–Crippen LogP) is 1.14. The minimum absolute atomic E-state index is 0.253. The van der Waals surface area contributed by atoms with Crippen LogP contribution in [0.1, 0.15) is 33.5 Å². The van der Waals surface area contributed by atoms with E-state index in [1.54, 1.807) is 13.0 Å². The predicted molar refractivity (Wildman–Crippen MR) is 67.2 cm³/mol. The number of nitrogens with one attached hydrogen (secondary N) is 1. The fourth-order valence-electron chi connectivity index (χ4n) is 2.51. The fraction of sp³-hybridized carbons (Fsp3) is 0.308. The van der Waals surface area contributed by atoms with E-state index in [2.05, 4.69) is 9.97 Å². The van der Waals surface area contributed by atoms with Crippen molar-refractivity contribution in [1.29, 1.82) is 0 Å². The molecule has 0 bridgehead atoms. The summed E-state index contributed by atoms with van der Waals surface area (Å²) in [5.74, 6) is -0.836. The zero-order valence-electron chi connectivity index (χ0n) is 10.8. The number of imidazole rings is 1. The Kier molecular flexibility index (Phi) is 2.81. The molecule has 7 heteroatoms. The second kappa shape index (κ2) is 4.52. The van der Waals surface area contributed by atoms with Gasteiger partial charge in [-0.15, -0.1) is 0 Å². The summed E-state index contributed by atoms with van der Waals surface area (Å²) < 4.78 is 5.26. The Morgan fingerprint density at radius 1 is 1.55 bits per heavy atom. The molecule has 0 aliphatic carbocycles. The number of H-pyrrole nitrogens is 1. The van der Waals surface area contributed by atoms with E-state index in [-0.39, 0.29) is 11.6 Å². The summed E-state index contributed by atoms with van der Waals surface area (Å²) in [4.78, 5) is 32.1. The molecule has 0 fully saturated rings. The minimum Gasteiger partial charge on any atom is -0.479 e. The average molecular weight is 275 g/mol. The number of nitrogens with zero attached hydrogens (tertiary/aromatic N) is 2. The molecule has 1 unspecified atom stereocenters. The number of aromatic amines is 1. The van der Waals surface area contributed by atoms with Crippen molar-refractivity contribution in [2.45, 2.75) is 19.4 Å². The first-order chi connectivity index (χ1) is 9.59. The number of fused-ring (bicyclic) bond motifs is 1. The van der Waals surface area contributed by atoms with E-state index >= 15 is 0 Å². The number of hydrogen-bond donors (Lipinski definition) is 2. The lowest BCUT2D eigenvalue weighted by atomic mass is 9.99. The van der Waals surface area contributed by atoms with Gasteiger partial charge in [0.2, 0.25) is 0 Å². The molecular weight excluding hydrogens is 262 g/mol. The number of carbonyl (C=O) groups excluding carboxylic acids is 1. The van der Waals surface area contributed by atoms with Gasteiger partial charge in [-0.25, -0.2) is 9.78 Å². The third-order valence-corrected chi connectivity index (χ3v) is 3.49. The van der Waals surface area contributed by atoms with Crippen LogP contribution in [0.3, 0.4) is 0 Å². The first-order valence-electron chi connectivity index (χ1n) is 6.19. The van der Waals surface area contributed by atoms with Crippen LogP contribution < -0.4 is 0 Å². The monoisotopic (exact) mass is 275 g/mol. The van der Waals surface area contributed by atoms with Crippen LogP contribution >= 0.6 is 0 Å². The number of carboxylic acid groups (broad SMARTS) is 1. The molecule has 1 atom stereocenters. The van der Waals surface area contributed by atoms with Gasteiger partial charge in [-0.05, 0) is 13.0 Å². The Morgan fingerprint density at radius 2 is 2.35 bits per heavy atom. The van der Waals surface area contributed by atoms with Crippen molar-refractivity contribution in [3.8, 4) is 0 Å². The Balaban J connectivity index is 2.00. The van der Waals surface area contributed by atoms with Gasteiger partial charge in [-0.3, -0.25) is 4.79 Å². The van der Waals surface area contributed by atoms with Crippen molar-refractivity contribution in [3.05, 3.63) is 41.4 Å². The topological polar surface area (TPSA) is 99.4 Å². The van der Waals surface area contributed by atoms with Gasteiger partial charge in [0.25, 0.3) is 5.91 Å². The summed E-state index contributed by atoms with van der Waals surface area (Å²) >= 11 is 0. The maximum Gasteiger partial charge on any atom is 0.331 e. The molecule has 0 saturated heterocycles. The standard InChI is InChI=1S/C13H13N3O4/c1-7-10(15-6-14-7)12(17)16-4-2-9-8(3-5-20-9)11(16)13(18)19/h3,5-6,11H,2,4H2,1H3,(H,14,15)(H,18,19). The summed E-state index contributed by atoms with van der Waals surface area (Å²) in [7, 11) is 0. The van der Waals surface area contributed by atoms with E-state index in [0.717, 1.165) is 0 Å². The smallest absolute Gasteiger partial charge is 0.331 e. The van der Waals surface area contributed by atoms with E-state index in [9.17, 15) is 14.7 Å². The first-order valence-corrected chi connectivity index (χ1v) is 6.19. The number of aryl methyl sites for hydroxylation is 1. The van der Waals surface area contributed by atoms with E-state index in [1.807, 2.05) is 0 Å². The van der Waals surface area contributed by atoms with Crippen molar-refractivity contribution >= 4 is 11.9 Å². The molecule has 1 amide bonds. The highest BCUT2D eigenvalue weighted by Crippen LogP contribution is 2.31. The van der Waals surface area contributed by atoms with Gasteiger partial charge in [-0.1, -0.05) is 0 Å². The SMILES string of the molecule is Cc1[nH]cnc1C(=O)N1CCc2occc2C1C(=O)O. The van der Waals surface area contributed by atoms with Gasteiger partial charge < -0.3 is 19.4 Å². The third-order valence-electron chi connectivity index (χ3n) is 3.49. The fourth-order valence-corrected chi connectivity index (χ4v) is 2.51. The van der Waals surface area contributed by atoms with E-state index in [4.69, 9.17) is 4.42 Å². The summed E-state index contributed by atoms with van der Waals surface area (Å²) in [6.45, 7) is 2.02. The molecule has 7 nitrogen and oxygen atoms in total. The van der Waals surface area contributed by atoms with E-state index in [1.165, 1.54) is 17.5 Å². The van der Waals surface area contributed by atoms with Crippen molar-refractivity contribution in [3.63, 3.8) is 0 Å². The van der Waals surface area contributed by atoms with Gasteiger partial charge in [0.15, 0.2) is 6.04 Å². The summed E-state index contributed by atoms with van der Waals surface area (Å²) in [6.07, 6.45) is 3.38. The molecule has 2 aromatic heterocycles. The van der Waals surface area contributed by atoms with Gasteiger partial charge in [0.1, 0.15) is 11.5 Å². The van der Waals surface area contributed by atoms with Crippen molar-refractivity contribution in [2.75, 3.05) is 6.54 Å². The molecule has 0 aromatic carbocycles. The Bertz CT molecular complexity index is 673. The highest BCUT2D eigenvalue weighted by atomic mass is 16.4. The highest BCUT2D eigenvalue weighted by molar-refractivity contribution is 5.96. The van der Waals surface area contributed by atoms with Gasteiger partial charge >= 0.3 is 5.97 Å². The van der Waals surface area contributed by atoms with E-state index < -0.39 is 12.0 Å². The molecule has 3 heterocycles. The lowest BCUT2D eigenvalue weighted by Gasteiger charge is -2.32. The number of furan rings is 1. The summed E-state index contributed by atoms with van der Waals surface area (Å²) in [5, 5.41) is 9.43. The average Bonchev–Trinajstić information content (AvgIpc) is 3.04. The number of carboxylic acids is 1. The quantitative estimate of drug-likeness (QED) is 0.856. The third kappa shape index (κ3) is 1.78. The minimum atomic E-state index is -1.08. The molecule has 3 rings (SSSR count). The molecule has 0 saturated carbocycles. The summed E-state index contributed by atoms with van der Waals surface area (Å²) in [6, 6.07) is 0.575. The molecule has 0 spiro atoms. The van der Waals surface area contributed by atoms with Crippen LogP contribution in [-0.4, -0.2) is 38.4 Å². The van der Waals surface area contributed by atoms with Crippen LogP contribution in [0.4, 0.5) is 0 Å². The van der Waals surface area contributed by atoms with Gasteiger partial charge in [0.05, 0.1) is 12.6 Å². The number of amides is 1. The second-order valence-corrected chi connectivity index (χ2v) is 4.66. The summed E-state index contributed by atoms with van der Waals surface area (Å²) in [5.41, 5.74) is 1.41. The Morgan fingerprint density at radius 3 is 3.00 bits per heavy atom. The van der Waals surface area contributed by atoms with Crippen LogP contribution in [-0.2, 0) is 11.2 Å². The van der Waals surface area contributed by atoms with Gasteiger partial charge in [-0.2, -0.15) is 0 Å². The largest absolute Gasteiger partial charge is 0.479 e. The molecule has 0 radical (unpaired) electrons. The van der Waals surface area contributed by atoms with Crippen molar-refractivity contribution in [2.24, 2.45) is 0 Å². The maximum atomic E-state index is 12.5. The molecule has 2 aromatic rings. The molecule has 1 aliphatic rings.